The van der Waals surface area contributed by atoms with Crippen LogP contribution < -0.4 is 11.1 Å². The SMILES string of the molecule is CCc1ccc(NC(=O)[C@H](N)Cc2ccccc2)cc1. The predicted molar refractivity (Wildman–Crippen MR) is 82.6 cm³/mol. The second kappa shape index (κ2) is 6.87. The van der Waals surface area contributed by atoms with E-state index in [4.69, 9.17) is 5.73 Å². The fraction of sp³-hybridized carbons (Fsp3) is 0.235. The maximum Gasteiger partial charge on any atom is 0.241 e. The molecule has 0 aliphatic heterocycles. The van der Waals surface area contributed by atoms with Crippen molar-refractivity contribution >= 4 is 11.6 Å². The minimum absolute atomic E-state index is 0.155. The highest BCUT2D eigenvalue weighted by atomic mass is 16.2. The molecule has 0 spiro atoms. The molecule has 0 saturated carbocycles. The predicted octanol–water partition coefficient (Wildman–Crippen LogP) is 2.76. The van der Waals surface area contributed by atoms with Crippen molar-refractivity contribution in [2.24, 2.45) is 5.73 Å². The highest BCUT2D eigenvalue weighted by Gasteiger charge is 2.14. The van der Waals surface area contributed by atoms with E-state index in [-0.39, 0.29) is 5.91 Å². The van der Waals surface area contributed by atoms with E-state index in [1.165, 1.54) is 5.56 Å². The van der Waals surface area contributed by atoms with Gasteiger partial charge in [-0.1, -0.05) is 49.4 Å². The number of amides is 1. The molecule has 3 heteroatoms. The third-order valence-corrected chi connectivity index (χ3v) is 3.26. The van der Waals surface area contributed by atoms with Crippen molar-refractivity contribution < 1.29 is 4.79 Å². The lowest BCUT2D eigenvalue weighted by Gasteiger charge is -2.12. The molecular weight excluding hydrogens is 248 g/mol. The van der Waals surface area contributed by atoms with Gasteiger partial charge in [0.05, 0.1) is 6.04 Å². The van der Waals surface area contributed by atoms with Gasteiger partial charge in [0.1, 0.15) is 0 Å². The van der Waals surface area contributed by atoms with Gasteiger partial charge in [0, 0.05) is 5.69 Å². The summed E-state index contributed by atoms with van der Waals surface area (Å²) >= 11 is 0. The zero-order valence-electron chi connectivity index (χ0n) is 11.7. The summed E-state index contributed by atoms with van der Waals surface area (Å²) in [6, 6.07) is 17.1. The summed E-state index contributed by atoms with van der Waals surface area (Å²) in [5.74, 6) is -0.155. The van der Waals surface area contributed by atoms with E-state index in [1.54, 1.807) is 0 Å². The molecule has 3 nitrogen and oxygen atoms in total. The molecule has 3 N–H and O–H groups in total. The van der Waals surface area contributed by atoms with E-state index in [2.05, 4.69) is 12.2 Å². The van der Waals surface area contributed by atoms with Crippen molar-refractivity contribution in [3.8, 4) is 0 Å². The van der Waals surface area contributed by atoms with Gasteiger partial charge in [-0.25, -0.2) is 0 Å². The van der Waals surface area contributed by atoms with Crippen LogP contribution in [0.4, 0.5) is 5.69 Å². The molecule has 1 atom stereocenters. The van der Waals surface area contributed by atoms with Crippen LogP contribution in [-0.2, 0) is 17.6 Å². The molecule has 0 radical (unpaired) electrons. The number of carbonyl (C=O) groups is 1. The average Bonchev–Trinajstić information content (AvgIpc) is 2.49. The molecule has 2 aromatic rings. The van der Waals surface area contributed by atoms with Crippen molar-refractivity contribution in [3.05, 3.63) is 65.7 Å². The summed E-state index contributed by atoms with van der Waals surface area (Å²) in [5.41, 5.74) is 9.04. The molecule has 20 heavy (non-hydrogen) atoms. The minimum atomic E-state index is -0.539. The monoisotopic (exact) mass is 268 g/mol. The van der Waals surface area contributed by atoms with E-state index < -0.39 is 6.04 Å². The summed E-state index contributed by atoms with van der Waals surface area (Å²) in [6.45, 7) is 2.10. The van der Waals surface area contributed by atoms with Gasteiger partial charge in [-0.05, 0) is 36.1 Å². The Bertz CT molecular complexity index is 549. The Labute approximate surface area is 119 Å². The molecule has 104 valence electrons. The van der Waals surface area contributed by atoms with Crippen molar-refractivity contribution in [1.29, 1.82) is 0 Å². The van der Waals surface area contributed by atoms with Crippen LogP contribution >= 0.6 is 0 Å². The molecule has 0 aromatic heterocycles. The Kier molecular flexibility index (Phi) is 4.91. The van der Waals surface area contributed by atoms with Gasteiger partial charge >= 0.3 is 0 Å². The molecule has 2 aromatic carbocycles. The lowest BCUT2D eigenvalue weighted by Crippen LogP contribution is -2.37. The summed E-state index contributed by atoms with van der Waals surface area (Å²) in [5, 5.41) is 2.85. The Morgan fingerprint density at radius 2 is 1.70 bits per heavy atom. The highest BCUT2D eigenvalue weighted by Crippen LogP contribution is 2.11. The lowest BCUT2D eigenvalue weighted by atomic mass is 10.1. The van der Waals surface area contributed by atoms with Crippen LogP contribution in [0, 0.1) is 0 Å². The standard InChI is InChI=1S/C17H20N2O/c1-2-13-8-10-15(11-9-13)19-17(20)16(18)12-14-6-4-3-5-7-14/h3-11,16H,2,12,18H2,1H3,(H,19,20)/t16-/m1/s1. The summed E-state index contributed by atoms with van der Waals surface area (Å²) in [7, 11) is 0. The molecule has 0 saturated heterocycles. The zero-order valence-corrected chi connectivity index (χ0v) is 11.7. The Hall–Kier alpha value is -2.13. The van der Waals surface area contributed by atoms with E-state index in [0.717, 1.165) is 17.7 Å². The molecule has 2 rings (SSSR count). The molecule has 0 aliphatic carbocycles. The van der Waals surface area contributed by atoms with E-state index >= 15 is 0 Å². The molecule has 1 amide bonds. The number of nitrogens with one attached hydrogen (secondary N) is 1. The number of hydrogen-bond acceptors (Lipinski definition) is 2. The normalized spacial score (nSPS) is 11.9. The van der Waals surface area contributed by atoms with Crippen LogP contribution in [0.3, 0.4) is 0 Å². The van der Waals surface area contributed by atoms with Crippen LogP contribution in [0.5, 0.6) is 0 Å². The number of nitrogens with two attached hydrogens (primary N) is 1. The van der Waals surface area contributed by atoms with Gasteiger partial charge in [-0.2, -0.15) is 0 Å². The molecule has 0 unspecified atom stereocenters. The van der Waals surface area contributed by atoms with Crippen LogP contribution in [0.25, 0.3) is 0 Å². The fourth-order valence-electron chi connectivity index (χ4n) is 2.02. The largest absolute Gasteiger partial charge is 0.325 e. The number of carbonyl (C=O) groups excluding carboxylic acids is 1. The van der Waals surface area contributed by atoms with E-state index in [1.807, 2.05) is 54.6 Å². The van der Waals surface area contributed by atoms with Crippen LogP contribution in [-0.4, -0.2) is 11.9 Å². The third-order valence-electron chi connectivity index (χ3n) is 3.26. The average molecular weight is 268 g/mol. The maximum absolute atomic E-state index is 12.0. The third kappa shape index (κ3) is 3.93. The maximum atomic E-state index is 12.0. The van der Waals surface area contributed by atoms with Gasteiger partial charge in [-0.3, -0.25) is 4.79 Å². The molecule has 0 aliphatic rings. The lowest BCUT2D eigenvalue weighted by molar-refractivity contribution is -0.117. The quantitative estimate of drug-likeness (QED) is 0.876. The van der Waals surface area contributed by atoms with Crippen molar-refractivity contribution in [2.45, 2.75) is 25.8 Å². The minimum Gasteiger partial charge on any atom is -0.325 e. The zero-order chi connectivity index (χ0) is 14.4. The van der Waals surface area contributed by atoms with Crippen molar-refractivity contribution in [1.82, 2.24) is 0 Å². The van der Waals surface area contributed by atoms with E-state index in [0.29, 0.717) is 6.42 Å². The van der Waals surface area contributed by atoms with Crippen LogP contribution in [0.1, 0.15) is 18.1 Å². The molecule has 0 heterocycles. The van der Waals surface area contributed by atoms with Crippen LogP contribution in [0.15, 0.2) is 54.6 Å². The number of rotatable bonds is 5. The van der Waals surface area contributed by atoms with Crippen molar-refractivity contribution in [3.63, 3.8) is 0 Å². The first-order valence-corrected chi connectivity index (χ1v) is 6.88. The number of benzene rings is 2. The number of anilines is 1. The highest BCUT2D eigenvalue weighted by molar-refractivity contribution is 5.94. The first-order chi connectivity index (χ1) is 9.69. The Morgan fingerprint density at radius 3 is 2.30 bits per heavy atom. The van der Waals surface area contributed by atoms with Gasteiger partial charge in [-0.15, -0.1) is 0 Å². The van der Waals surface area contributed by atoms with Gasteiger partial charge < -0.3 is 11.1 Å². The van der Waals surface area contributed by atoms with Crippen molar-refractivity contribution in [2.75, 3.05) is 5.32 Å². The number of hydrogen-bond donors (Lipinski definition) is 2. The topological polar surface area (TPSA) is 55.1 Å². The number of aryl methyl sites for hydroxylation is 1. The van der Waals surface area contributed by atoms with E-state index in [9.17, 15) is 4.79 Å². The second-order valence-corrected chi connectivity index (χ2v) is 4.84. The summed E-state index contributed by atoms with van der Waals surface area (Å²) in [6.07, 6.45) is 1.53. The summed E-state index contributed by atoms with van der Waals surface area (Å²) in [4.78, 5) is 12.0. The van der Waals surface area contributed by atoms with Gasteiger partial charge in [0.15, 0.2) is 0 Å². The smallest absolute Gasteiger partial charge is 0.241 e. The molecule has 0 fully saturated rings. The first-order valence-electron chi connectivity index (χ1n) is 6.88. The fourth-order valence-corrected chi connectivity index (χ4v) is 2.02. The second-order valence-electron chi connectivity index (χ2n) is 4.84. The summed E-state index contributed by atoms with van der Waals surface area (Å²) < 4.78 is 0. The molecule has 0 bridgehead atoms. The van der Waals surface area contributed by atoms with Gasteiger partial charge in [0.25, 0.3) is 0 Å². The first kappa shape index (κ1) is 14.3. The Morgan fingerprint density at radius 1 is 1.05 bits per heavy atom. The van der Waals surface area contributed by atoms with Gasteiger partial charge in [0.2, 0.25) is 5.91 Å². The molecular formula is C17H20N2O. The Balaban J connectivity index is 1.93. The van der Waals surface area contributed by atoms with Crippen LogP contribution in [0.2, 0.25) is 0 Å².